The lowest BCUT2D eigenvalue weighted by Crippen LogP contribution is -2.21. The van der Waals surface area contributed by atoms with Crippen molar-refractivity contribution in [1.82, 2.24) is 4.57 Å². The minimum Gasteiger partial charge on any atom is -0.478 e. The highest BCUT2D eigenvalue weighted by molar-refractivity contribution is 6.11. The molecule has 0 bridgehead atoms. The molecule has 1 aromatic heterocycles. The van der Waals surface area contributed by atoms with Crippen LogP contribution in [0.2, 0.25) is 0 Å². The number of carboxylic acids is 1. The molecular weight excluding hydrogens is 344 g/mol. The van der Waals surface area contributed by atoms with Gasteiger partial charge < -0.3 is 10.4 Å². The van der Waals surface area contributed by atoms with E-state index >= 15 is 0 Å². The van der Waals surface area contributed by atoms with Crippen LogP contribution in [0.15, 0.2) is 60.7 Å². The van der Waals surface area contributed by atoms with Crippen LogP contribution < -0.4 is 5.32 Å². The van der Waals surface area contributed by atoms with E-state index in [0.29, 0.717) is 22.4 Å². The van der Waals surface area contributed by atoms with Gasteiger partial charge in [0, 0.05) is 16.8 Å². The largest absolute Gasteiger partial charge is 0.478 e. The lowest BCUT2D eigenvalue weighted by molar-refractivity contribution is 0.0697. The van der Waals surface area contributed by atoms with Crippen molar-refractivity contribution in [3.05, 3.63) is 88.6 Å². The number of aromatic nitrogens is 1. The van der Waals surface area contributed by atoms with Gasteiger partial charge in [-0.1, -0.05) is 36.4 Å². The van der Waals surface area contributed by atoms with Crippen molar-refractivity contribution in [3.63, 3.8) is 0 Å². The van der Waals surface area contributed by atoms with Crippen LogP contribution in [0.25, 0.3) is 0 Å². The molecule has 0 saturated carbocycles. The second-order valence-electron chi connectivity index (χ2n) is 6.07. The maximum atomic E-state index is 13.0. The second-order valence-corrected chi connectivity index (χ2v) is 6.07. The van der Waals surface area contributed by atoms with Crippen LogP contribution in [0.5, 0.6) is 0 Å². The second kappa shape index (κ2) is 7.29. The van der Waals surface area contributed by atoms with Gasteiger partial charge in [-0.2, -0.15) is 0 Å². The van der Waals surface area contributed by atoms with Crippen molar-refractivity contribution in [3.8, 4) is 0 Å². The summed E-state index contributed by atoms with van der Waals surface area (Å²) in [4.78, 5) is 37.4. The molecule has 1 amide bonds. The van der Waals surface area contributed by atoms with Gasteiger partial charge in [-0.15, -0.1) is 0 Å². The van der Waals surface area contributed by atoms with Crippen molar-refractivity contribution in [1.29, 1.82) is 0 Å². The van der Waals surface area contributed by atoms with E-state index < -0.39 is 17.8 Å². The quantitative estimate of drug-likeness (QED) is 0.740. The molecule has 0 aliphatic heterocycles. The molecule has 2 N–H and O–H groups in total. The van der Waals surface area contributed by atoms with Gasteiger partial charge in [0.05, 0.1) is 0 Å². The Hall–Kier alpha value is -3.67. The molecule has 0 spiro atoms. The highest BCUT2D eigenvalue weighted by Gasteiger charge is 2.28. The molecule has 0 fully saturated rings. The van der Waals surface area contributed by atoms with Crippen molar-refractivity contribution in [2.75, 3.05) is 5.32 Å². The van der Waals surface area contributed by atoms with E-state index in [1.165, 1.54) is 4.57 Å². The van der Waals surface area contributed by atoms with Crippen molar-refractivity contribution in [2.45, 2.75) is 13.8 Å². The van der Waals surface area contributed by atoms with Gasteiger partial charge in [0.25, 0.3) is 11.8 Å². The summed E-state index contributed by atoms with van der Waals surface area (Å²) in [6, 6.07) is 16.9. The SMILES string of the molecule is Cc1c(C(=O)O)c(NC(=O)c2ccccc2)n(C(=O)c2ccccc2)c1C. The van der Waals surface area contributed by atoms with E-state index in [4.69, 9.17) is 0 Å². The molecule has 1 heterocycles. The number of nitrogens with one attached hydrogen (secondary N) is 1. The summed E-state index contributed by atoms with van der Waals surface area (Å²) in [6.07, 6.45) is 0. The Kier molecular flexibility index (Phi) is 4.90. The highest BCUT2D eigenvalue weighted by Crippen LogP contribution is 2.28. The number of carboxylic acid groups (broad SMARTS) is 1. The maximum Gasteiger partial charge on any atom is 0.339 e. The van der Waals surface area contributed by atoms with E-state index in [1.54, 1.807) is 74.5 Å². The molecule has 27 heavy (non-hydrogen) atoms. The smallest absolute Gasteiger partial charge is 0.339 e. The number of carbonyl (C=O) groups is 3. The van der Waals surface area contributed by atoms with Crippen molar-refractivity contribution in [2.24, 2.45) is 0 Å². The number of anilines is 1. The Morgan fingerprint density at radius 2 is 1.37 bits per heavy atom. The number of aromatic carboxylic acids is 1. The first kappa shape index (κ1) is 18.1. The lowest BCUT2D eigenvalue weighted by atomic mass is 10.1. The minimum atomic E-state index is -1.21. The third-order valence-corrected chi connectivity index (χ3v) is 4.42. The summed E-state index contributed by atoms with van der Waals surface area (Å²) < 4.78 is 1.24. The Balaban J connectivity index is 2.13. The summed E-state index contributed by atoms with van der Waals surface area (Å²) in [5.74, 6) is -2.15. The molecule has 3 rings (SSSR count). The van der Waals surface area contributed by atoms with Crippen molar-refractivity contribution < 1.29 is 19.5 Å². The number of rotatable bonds is 4. The maximum absolute atomic E-state index is 13.0. The summed E-state index contributed by atoms with van der Waals surface area (Å²) in [5.41, 5.74) is 1.55. The van der Waals surface area contributed by atoms with E-state index in [0.717, 1.165) is 0 Å². The van der Waals surface area contributed by atoms with Crippen LogP contribution in [0.3, 0.4) is 0 Å². The van der Waals surface area contributed by atoms with Crippen LogP contribution in [-0.4, -0.2) is 27.5 Å². The zero-order chi connectivity index (χ0) is 19.6. The predicted octanol–water partition coefficient (Wildman–Crippen LogP) is 3.74. The Labute approximate surface area is 156 Å². The first-order valence-corrected chi connectivity index (χ1v) is 8.33. The molecule has 2 aromatic carbocycles. The normalized spacial score (nSPS) is 10.4. The number of carbonyl (C=O) groups excluding carboxylic acids is 2. The van der Waals surface area contributed by atoms with Crippen LogP contribution in [0.1, 0.15) is 42.3 Å². The number of hydrogen-bond acceptors (Lipinski definition) is 3. The third kappa shape index (κ3) is 3.37. The zero-order valence-corrected chi connectivity index (χ0v) is 14.9. The van der Waals surface area contributed by atoms with E-state index in [1.807, 2.05) is 0 Å². The fourth-order valence-electron chi connectivity index (χ4n) is 2.92. The van der Waals surface area contributed by atoms with Crippen LogP contribution in [0.4, 0.5) is 5.82 Å². The molecular formula is C21H18N2O4. The van der Waals surface area contributed by atoms with Gasteiger partial charge in [0.1, 0.15) is 11.4 Å². The monoisotopic (exact) mass is 362 g/mol. The average Bonchev–Trinajstić information content (AvgIpc) is 2.92. The molecule has 0 aliphatic rings. The molecule has 0 saturated heterocycles. The topological polar surface area (TPSA) is 88.4 Å². The first-order chi connectivity index (χ1) is 12.9. The average molecular weight is 362 g/mol. The van der Waals surface area contributed by atoms with Crippen LogP contribution in [0, 0.1) is 13.8 Å². The molecule has 0 radical (unpaired) electrons. The first-order valence-electron chi connectivity index (χ1n) is 8.33. The predicted molar refractivity (Wildman–Crippen MR) is 101 cm³/mol. The van der Waals surface area contributed by atoms with Gasteiger partial charge >= 0.3 is 5.97 Å². The minimum absolute atomic E-state index is 0.0415. The van der Waals surface area contributed by atoms with E-state index in [9.17, 15) is 19.5 Å². The molecule has 6 heteroatoms. The fourth-order valence-corrected chi connectivity index (χ4v) is 2.92. The number of benzene rings is 2. The van der Waals surface area contributed by atoms with E-state index in [2.05, 4.69) is 5.32 Å². The van der Waals surface area contributed by atoms with Gasteiger partial charge in [0.15, 0.2) is 0 Å². The Morgan fingerprint density at radius 3 is 1.89 bits per heavy atom. The lowest BCUT2D eigenvalue weighted by Gasteiger charge is -2.12. The van der Waals surface area contributed by atoms with Crippen LogP contribution in [-0.2, 0) is 0 Å². The molecule has 3 aromatic rings. The number of nitrogens with zero attached hydrogens (tertiary/aromatic N) is 1. The molecule has 0 aliphatic carbocycles. The summed E-state index contributed by atoms with van der Waals surface area (Å²) in [7, 11) is 0. The molecule has 0 unspecified atom stereocenters. The van der Waals surface area contributed by atoms with Crippen LogP contribution >= 0.6 is 0 Å². The summed E-state index contributed by atoms with van der Waals surface area (Å²) >= 11 is 0. The highest BCUT2D eigenvalue weighted by atomic mass is 16.4. The van der Waals surface area contributed by atoms with Gasteiger partial charge in [0.2, 0.25) is 0 Å². The molecule has 0 atom stereocenters. The summed E-state index contributed by atoms with van der Waals surface area (Å²) in [5, 5.41) is 12.3. The number of amides is 1. The van der Waals surface area contributed by atoms with Crippen molar-refractivity contribution >= 4 is 23.6 Å². The number of hydrogen-bond donors (Lipinski definition) is 2. The van der Waals surface area contributed by atoms with Gasteiger partial charge in [-0.25, -0.2) is 4.79 Å². The Bertz CT molecular complexity index is 1020. The van der Waals surface area contributed by atoms with Gasteiger partial charge in [-0.3, -0.25) is 14.2 Å². The Morgan fingerprint density at radius 1 is 0.852 bits per heavy atom. The fraction of sp³-hybridized carbons (Fsp3) is 0.0952. The third-order valence-electron chi connectivity index (χ3n) is 4.42. The summed E-state index contributed by atoms with van der Waals surface area (Å²) in [6.45, 7) is 3.27. The molecule has 136 valence electrons. The van der Waals surface area contributed by atoms with Gasteiger partial charge in [-0.05, 0) is 43.7 Å². The molecule has 6 nitrogen and oxygen atoms in total. The van der Waals surface area contributed by atoms with E-state index in [-0.39, 0.29) is 11.4 Å². The standard InChI is InChI=1S/C21H18N2O4/c1-13-14(2)23(20(25)16-11-7-4-8-12-16)18(17(13)21(26)27)22-19(24)15-9-5-3-6-10-15/h3-12H,1-2H3,(H,22,24)(H,26,27). The zero-order valence-electron chi connectivity index (χ0n) is 14.9.